The number of hydrazine groups is 1. The van der Waals surface area contributed by atoms with Crippen molar-refractivity contribution < 1.29 is 4.74 Å². The monoisotopic (exact) mass is 279 g/mol. The predicted molar refractivity (Wildman–Crippen MR) is 80.6 cm³/mol. The number of nitrogens with zero attached hydrogens (tertiary/aromatic N) is 2. The maximum atomic E-state index is 5.49. The first-order valence-corrected chi connectivity index (χ1v) is 7.17. The van der Waals surface area contributed by atoms with E-state index in [2.05, 4.69) is 41.5 Å². The molecule has 4 N–H and O–H groups in total. The van der Waals surface area contributed by atoms with Crippen LogP contribution in [0.4, 0.5) is 11.6 Å². The molecule has 2 rings (SSSR count). The van der Waals surface area contributed by atoms with Gasteiger partial charge < -0.3 is 15.5 Å². The van der Waals surface area contributed by atoms with Crippen LogP contribution in [0.25, 0.3) is 0 Å². The third kappa shape index (κ3) is 4.05. The standard InChI is InChI=1S/C14H25N5O/c1-14(2,3)13-17-11(8-12(18-13)19-15)16-9-10-4-6-20-7-5-10/h8,10H,4-7,9,15H2,1-3H3,(H2,16,17,18,19). The first kappa shape index (κ1) is 15.0. The van der Waals surface area contributed by atoms with Crippen LogP contribution < -0.4 is 16.6 Å². The number of aromatic nitrogens is 2. The van der Waals surface area contributed by atoms with Gasteiger partial charge in [0, 0.05) is 31.2 Å². The van der Waals surface area contributed by atoms with E-state index in [-0.39, 0.29) is 5.41 Å². The quantitative estimate of drug-likeness (QED) is 0.576. The van der Waals surface area contributed by atoms with Gasteiger partial charge in [0.15, 0.2) is 0 Å². The zero-order chi connectivity index (χ0) is 14.6. The predicted octanol–water partition coefficient (Wildman–Crippen LogP) is 1.90. The van der Waals surface area contributed by atoms with Crippen LogP contribution in [0.5, 0.6) is 0 Å². The summed E-state index contributed by atoms with van der Waals surface area (Å²) in [6.07, 6.45) is 2.21. The Hall–Kier alpha value is -1.40. The highest BCUT2D eigenvalue weighted by Crippen LogP contribution is 2.22. The summed E-state index contributed by atoms with van der Waals surface area (Å²) in [5, 5.41) is 3.40. The van der Waals surface area contributed by atoms with Crippen molar-refractivity contribution in [3.05, 3.63) is 11.9 Å². The Morgan fingerprint density at radius 1 is 1.25 bits per heavy atom. The van der Waals surface area contributed by atoms with Crippen molar-refractivity contribution in [2.45, 2.75) is 39.0 Å². The van der Waals surface area contributed by atoms with Crippen molar-refractivity contribution >= 4 is 11.6 Å². The van der Waals surface area contributed by atoms with Crippen LogP contribution in [0.15, 0.2) is 6.07 Å². The summed E-state index contributed by atoms with van der Waals surface area (Å²) in [5.74, 6) is 8.37. The molecule has 1 aromatic heterocycles. The Bertz CT molecular complexity index is 438. The first-order valence-electron chi connectivity index (χ1n) is 7.17. The molecule has 112 valence electrons. The van der Waals surface area contributed by atoms with Gasteiger partial charge in [0.2, 0.25) is 0 Å². The lowest BCUT2D eigenvalue weighted by molar-refractivity contribution is 0.0699. The minimum absolute atomic E-state index is 0.109. The van der Waals surface area contributed by atoms with Gasteiger partial charge in [-0.25, -0.2) is 15.8 Å². The molecule has 1 aliphatic heterocycles. The van der Waals surface area contributed by atoms with Crippen molar-refractivity contribution in [1.82, 2.24) is 9.97 Å². The molecular formula is C14H25N5O. The van der Waals surface area contributed by atoms with Crippen LogP contribution in [-0.4, -0.2) is 29.7 Å². The minimum Gasteiger partial charge on any atom is -0.381 e. The lowest BCUT2D eigenvalue weighted by Gasteiger charge is -2.23. The molecule has 1 aliphatic rings. The van der Waals surface area contributed by atoms with E-state index in [0.717, 1.165) is 44.2 Å². The molecule has 0 radical (unpaired) electrons. The highest BCUT2D eigenvalue weighted by atomic mass is 16.5. The molecule has 2 heterocycles. The van der Waals surface area contributed by atoms with Gasteiger partial charge in [-0.1, -0.05) is 20.8 Å². The maximum absolute atomic E-state index is 5.49. The number of anilines is 2. The van der Waals surface area contributed by atoms with Crippen LogP contribution in [0, 0.1) is 5.92 Å². The van der Waals surface area contributed by atoms with Crippen molar-refractivity contribution in [3.63, 3.8) is 0 Å². The van der Waals surface area contributed by atoms with Gasteiger partial charge in [-0.2, -0.15) is 0 Å². The Labute approximate surface area is 120 Å². The molecule has 6 heteroatoms. The minimum atomic E-state index is -0.109. The fraction of sp³-hybridized carbons (Fsp3) is 0.714. The lowest BCUT2D eigenvalue weighted by atomic mass is 9.96. The van der Waals surface area contributed by atoms with E-state index in [4.69, 9.17) is 10.6 Å². The molecule has 0 atom stereocenters. The molecule has 1 saturated heterocycles. The third-order valence-corrected chi connectivity index (χ3v) is 3.46. The van der Waals surface area contributed by atoms with Gasteiger partial charge in [0.1, 0.15) is 17.5 Å². The summed E-state index contributed by atoms with van der Waals surface area (Å²) in [6, 6.07) is 1.84. The maximum Gasteiger partial charge on any atom is 0.145 e. The molecule has 0 unspecified atom stereocenters. The topological polar surface area (TPSA) is 85.1 Å². The van der Waals surface area contributed by atoms with Crippen molar-refractivity contribution in [1.29, 1.82) is 0 Å². The van der Waals surface area contributed by atoms with Gasteiger partial charge in [-0.05, 0) is 18.8 Å². The second-order valence-electron chi connectivity index (χ2n) is 6.29. The second kappa shape index (κ2) is 6.37. The van der Waals surface area contributed by atoms with Crippen molar-refractivity contribution in [2.75, 3.05) is 30.5 Å². The zero-order valence-electron chi connectivity index (χ0n) is 12.6. The second-order valence-corrected chi connectivity index (χ2v) is 6.29. The molecule has 20 heavy (non-hydrogen) atoms. The van der Waals surface area contributed by atoms with Crippen LogP contribution in [-0.2, 0) is 10.2 Å². The molecule has 6 nitrogen and oxygen atoms in total. The van der Waals surface area contributed by atoms with E-state index in [0.29, 0.717) is 11.7 Å². The number of rotatable bonds is 4. The molecule has 0 aliphatic carbocycles. The highest BCUT2D eigenvalue weighted by Gasteiger charge is 2.19. The van der Waals surface area contributed by atoms with Crippen LogP contribution in [0.1, 0.15) is 39.4 Å². The average Bonchev–Trinajstić information content (AvgIpc) is 2.45. The molecular weight excluding hydrogens is 254 g/mol. The van der Waals surface area contributed by atoms with E-state index in [9.17, 15) is 0 Å². The number of nitrogens with one attached hydrogen (secondary N) is 2. The first-order chi connectivity index (χ1) is 9.49. The van der Waals surface area contributed by atoms with Crippen LogP contribution in [0.2, 0.25) is 0 Å². The molecule has 0 amide bonds. The van der Waals surface area contributed by atoms with Gasteiger partial charge >= 0.3 is 0 Å². The zero-order valence-corrected chi connectivity index (χ0v) is 12.6. The molecule has 0 aromatic carbocycles. The largest absolute Gasteiger partial charge is 0.381 e. The van der Waals surface area contributed by atoms with Gasteiger partial charge in [-0.3, -0.25) is 0 Å². The van der Waals surface area contributed by atoms with Crippen molar-refractivity contribution in [3.8, 4) is 0 Å². The van der Waals surface area contributed by atoms with Crippen LogP contribution >= 0.6 is 0 Å². The summed E-state index contributed by atoms with van der Waals surface area (Å²) >= 11 is 0. The van der Waals surface area contributed by atoms with Crippen LogP contribution in [0.3, 0.4) is 0 Å². The number of nitrogen functional groups attached to an aromatic ring is 1. The van der Waals surface area contributed by atoms with E-state index >= 15 is 0 Å². The third-order valence-electron chi connectivity index (χ3n) is 3.46. The van der Waals surface area contributed by atoms with Crippen molar-refractivity contribution in [2.24, 2.45) is 11.8 Å². The normalized spacial score (nSPS) is 17.0. The molecule has 1 fully saturated rings. The van der Waals surface area contributed by atoms with E-state index in [1.165, 1.54) is 0 Å². The van der Waals surface area contributed by atoms with Gasteiger partial charge in [0.25, 0.3) is 0 Å². The van der Waals surface area contributed by atoms with Gasteiger partial charge in [0.05, 0.1) is 0 Å². The van der Waals surface area contributed by atoms with E-state index < -0.39 is 0 Å². The summed E-state index contributed by atoms with van der Waals surface area (Å²) in [5.41, 5.74) is 2.50. The molecule has 1 aromatic rings. The number of hydrogen-bond acceptors (Lipinski definition) is 6. The molecule has 0 spiro atoms. The Kier molecular flexibility index (Phi) is 4.77. The fourth-order valence-electron chi connectivity index (χ4n) is 2.15. The Balaban J connectivity index is 2.06. The fourth-order valence-corrected chi connectivity index (χ4v) is 2.15. The average molecular weight is 279 g/mol. The summed E-state index contributed by atoms with van der Waals surface area (Å²) < 4.78 is 5.37. The van der Waals surface area contributed by atoms with E-state index in [1.54, 1.807) is 0 Å². The molecule has 0 bridgehead atoms. The Morgan fingerprint density at radius 2 is 1.90 bits per heavy atom. The summed E-state index contributed by atoms with van der Waals surface area (Å²) in [7, 11) is 0. The van der Waals surface area contributed by atoms with E-state index in [1.807, 2.05) is 6.07 Å². The smallest absolute Gasteiger partial charge is 0.145 e. The SMILES string of the molecule is CC(C)(C)c1nc(NN)cc(NCC2CCOCC2)n1. The summed E-state index contributed by atoms with van der Waals surface area (Å²) in [6.45, 7) is 8.90. The lowest BCUT2D eigenvalue weighted by Crippen LogP contribution is -2.24. The number of hydrogen-bond donors (Lipinski definition) is 3. The highest BCUT2D eigenvalue weighted by molar-refractivity contribution is 5.47. The summed E-state index contributed by atoms with van der Waals surface area (Å²) in [4.78, 5) is 9.00. The number of nitrogens with two attached hydrogens (primary N) is 1. The molecule has 0 saturated carbocycles. The van der Waals surface area contributed by atoms with Gasteiger partial charge in [-0.15, -0.1) is 0 Å². The Morgan fingerprint density at radius 3 is 2.50 bits per heavy atom. The number of ether oxygens (including phenoxy) is 1.